The summed E-state index contributed by atoms with van der Waals surface area (Å²) in [6, 6.07) is 4.04. The summed E-state index contributed by atoms with van der Waals surface area (Å²) >= 11 is 7.22. The third-order valence-corrected chi connectivity index (χ3v) is 5.17. The fourth-order valence-electron chi connectivity index (χ4n) is 2.33. The molecule has 0 aliphatic carbocycles. The number of benzene rings is 1. The van der Waals surface area contributed by atoms with Gasteiger partial charge in [-0.25, -0.2) is 9.18 Å². The predicted molar refractivity (Wildman–Crippen MR) is 107 cm³/mol. The number of nitrogens with zero attached hydrogens (tertiary/aromatic N) is 2. The van der Waals surface area contributed by atoms with Gasteiger partial charge in [0.2, 0.25) is 5.89 Å². The molecule has 28 heavy (non-hydrogen) atoms. The molecule has 1 aromatic carbocycles. The molecular formula is C19H25ClFN3O3S. The summed E-state index contributed by atoms with van der Waals surface area (Å²) < 4.78 is 24.9. The molecule has 6 nitrogen and oxygen atoms in total. The molecule has 0 saturated heterocycles. The van der Waals surface area contributed by atoms with Crippen LogP contribution in [0.1, 0.15) is 58.5 Å². The zero-order valence-corrected chi connectivity index (χ0v) is 18.2. The van der Waals surface area contributed by atoms with Crippen LogP contribution in [0.4, 0.5) is 9.18 Å². The standard InChI is InChI=1S/C19H25ClFN3O3S/c1-6-11(2)15(22-17(25)27-19(3,4)5)16-23-24-18(26-16)28-10-12-13(20)8-7-9-14(12)21/h7-9,11,15H,6,10H2,1-5H3,(H,22,25)/t11-,15-/m0/s1. The van der Waals surface area contributed by atoms with Gasteiger partial charge >= 0.3 is 6.09 Å². The average Bonchev–Trinajstić information content (AvgIpc) is 3.05. The smallest absolute Gasteiger partial charge is 0.408 e. The maximum atomic E-state index is 13.9. The molecule has 2 aromatic rings. The number of thioether (sulfide) groups is 1. The molecule has 0 radical (unpaired) electrons. The third-order valence-electron chi connectivity index (χ3n) is 3.98. The van der Waals surface area contributed by atoms with Crippen molar-refractivity contribution in [3.63, 3.8) is 0 Å². The number of aromatic nitrogens is 2. The van der Waals surface area contributed by atoms with Gasteiger partial charge in [-0.15, -0.1) is 10.2 Å². The van der Waals surface area contributed by atoms with E-state index in [1.165, 1.54) is 17.8 Å². The molecule has 2 atom stereocenters. The molecule has 0 bridgehead atoms. The Labute approximate surface area is 173 Å². The summed E-state index contributed by atoms with van der Waals surface area (Å²) in [7, 11) is 0. The van der Waals surface area contributed by atoms with E-state index in [0.717, 1.165) is 6.42 Å². The Morgan fingerprint density at radius 2 is 2.11 bits per heavy atom. The molecule has 0 fully saturated rings. The number of carbonyl (C=O) groups excluding carboxylic acids is 1. The van der Waals surface area contributed by atoms with E-state index in [1.807, 2.05) is 13.8 Å². The Balaban J connectivity index is 2.10. The number of alkyl carbamates (subject to hydrolysis) is 1. The quantitative estimate of drug-likeness (QED) is 0.563. The number of nitrogens with one attached hydrogen (secondary N) is 1. The van der Waals surface area contributed by atoms with Crippen LogP contribution in [0.15, 0.2) is 27.8 Å². The predicted octanol–water partition coefficient (Wildman–Crippen LogP) is 5.77. The summed E-state index contributed by atoms with van der Waals surface area (Å²) in [6.07, 6.45) is 0.235. The highest BCUT2D eigenvalue weighted by atomic mass is 35.5. The monoisotopic (exact) mass is 429 g/mol. The van der Waals surface area contributed by atoms with Gasteiger partial charge in [0.15, 0.2) is 0 Å². The number of rotatable bonds is 7. The highest BCUT2D eigenvalue weighted by molar-refractivity contribution is 7.98. The molecule has 2 rings (SSSR count). The zero-order chi connectivity index (χ0) is 20.9. The van der Waals surface area contributed by atoms with Gasteiger partial charge in [-0.3, -0.25) is 0 Å². The van der Waals surface area contributed by atoms with Crippen LogP contribution in [-0.4, -0.2) is 21.9 Å². The minimum Gasteiger partial charge on any atom is -0.444 e. The fourth-order valence-corrected chi connectivity index (χ4v) is 3.44. The van der Waals surface area contributed by atoms with Gasteiger partial charge in [-0.2, -0.15) is 0 Å². The van der Waals surface area contributed by atoms with E-state index in [9.17, 15) is 9.18 Å². The second-order valence-corrected chi connectivity index (χ2v) is 8.74. The van der Waals surface area contributed by atoms with Gasteiger partial charge < -0.3 is 14.5 Å². The normalized spacial score (nSPS) is 13.8. The van der Waals surface area contributed by atoms with Crippen LogP contribution < -0.4 is 5.32 Å². The average molecular weight is 430 g/mol. The highest BCUT2D eigenvalue weighted by Gasteiger charge is 2.28. The van der Waals surface area contributed by atoms with Crippen molar-refractivity contribution < 1.29 is 18.3 Å². The van der Waals surface area contributed by atoms with Crippen LogP contribution in [0, 0.1) is 11.7 Å². The van der Waals surface area contributed by atoms with Crippen LogP contribution in [0.5, 0.6) is 0 Å². The van der Waals surface area contributed by atoms with Crippen LogP contribution in [0.3, 0.4) is 0 Å². The number of carbonyl (C=O) groups is 1. The largest absolute Gasteiger partial charge is 0.444 e. The maximum absolute atomic E-state index is 13.9. The van der Waals surface area contributed by atoms with Crippen molar-refractivity contribution in [2.24, 2.45) is 5.92 Å². The van der Waals surface area contributed by atoms with E-state index in [2.05, 4.69) is 15.5 Å². The molecule has 0 spiro atoms. The molecule has 1 amide bonds. The molecular weight excluding hydrogens is 405 g/mol. The molecule has 9 heteroatoms. The zero-order valence-electron chi connectivity index (χ0n) is 16.6. The van der Waals surface area contributed by atoms with Gasteiger partial charge in [0.25, 0.3) is 5.22 Å². The SMILES string of the molecule is CC[C@H](C)[C@H](NC(=O)OC(C)(C)C)c1nnc(SCc2c(F)cccc2Cl)o1. The lowest BCUT2D eigenvalue weighted by Crippen LogP contribution is -2.37. The summed E-state index contributed by atoms with van der Waals surface area (Å²) in [5, 5.41) is 11.5. The number of ether oxygens (including phenoxy) is 1. The van der Waals surface area contributed by atoms with Gasteiger partial charge in [0, 0.05) is 16.3 Å². The summed E-state index contributed by atoms with van der Waals surface area (Å²) in [5.41, 5.74) is -0.238. The first kappa shape index (κ1) is 22.5. The molecule has 1 heterocycles. The molecule has 0 unspecified atom stereocenters. The van der Waals surface area contributed by atoms with E-state index in [0.29, 0.717) is 10.6 Å². The molecule has 1 aromatic heterocycles. The lowest BCUT2D eigenvalue weighted by atomic mass is 9.99. The molecule has 0 aliphatic rings. The van der Waals surface area contributed by atoms with Crippen LogP contribution in [-0.2, 0) is 10.5 Å². The maximum Gasteiger partial charge on any atom is 0.408 e. The Morgan fingerprint density at radius 1 is 1.39 bits per heavy atom. The molecule has 0 saturated carbocycles. The Hall–Kier alpha value is -1.80. The van der Waals surface area contributed by atoms with Crippen molar-refractivity contribution in [3.05, 3.63) is 40.5 Å². The Morgan fingerprint density at radius 3 is 2.71 bits per heavy atom. The van der Waals surface area contributed by atoms with E-state index in [-0.39, 0.29) is 28.6 Å². The van der Waals surface area contributed by atoms with Crippen LogP contribution in [0.25, 0.3) is 0 Å². The topological polar surface area (TPSA) is 77.2 Å². The van der Waals surface area contributed by atoms with Gasteiger partial charge in [0.1, 0.15) is 17.5 Å². The molecule has 154 valence electrons. The summed E-state index contributed by atoms with van der Waals surface area (Å²) in [4.78, 5) is 12.2. The molecule has 0 aliphatic heterocycles. The van der Waals surface area contributed by atoms with Crippen molar-refractivity contribution in [1.29, 1.82) is 0 Å². The highest BCUT2D eigenvalue weighted by Crippen LogP contribution is 2.30. The Kier molecular flexibility index (Phi) is 7.71. The molecule has 1 N–H and O–H groups in total. The van der Waals surface area contributed by atoms with Crippen molar-refractivity contribution >= 4 is 29.5 Å². The van der Waals surface area contributed by atoms with Crippen molar-refractivity contribution in [2.75, 3.05) is 0 Å². The van der Waals surface area contributed by atoms with Crippen LogP contribution in [0.2, 0.25) is 5.02 Å². The van der Waals surface area contributed by atoms with Gasteiger partial charge in [0.05, 0.1) is 0 Å². The minimum atomic E-state index is -0.612. The van der Waals surface area contributed by atoms with Crippen molar-refractivity contribution in [1.82, 2.24) is 15.5 Å². The van der Waals surface area contributed by atoms with E-state index >= 15 is 0 Å². The van der Waals surface area contributed by atoms with Crippen molar-refractivity contribution in [3.8, 4) is 0 Å². The first-order valence-electron chi connectivity index (χ1n) is 8.99. The number of hydrogen-bond acceptors (Lipinski definition) is 6. The second kappa shape index (κ2) is 9.60. The van der Waals surface area contributed by atoms with Crippen molar-refractivity contribution in [2.45, 2.75) is 63.7 Å². The first-order valence-corrected chi connectivity index (χ1v) is 10.4. The number of halogens is 2. The number of hydrogen-bond donors (Lipinski definition) is 1. The third kappa shape index (κ3) is 6.38. The second-order valence-electron chi connectivity index (χ2n) is 7.40. The minimum absolute atomic E-state index is 0.0480. The van der Waals surface area contributed by atoms with E-state index in [4.69, 9.17) is 20.8 Å². The lowest BCUT2D eigenvalue weighted by Gasteiger charge is -2.24. The van der Waals surface area contributed by atoms with E-state index in [1.54, 1.807) is 32.9 Å². The lowest BCUT2D eigenvalue weighted by molar-refractivity contribution is 0.0473. The Bertz CT molecular complexity index is 790. The first-order chi connectivity index (χ1) is 13.1. The number of amides is 1. The summed E-state index contributed by atoms with van der Waals surface area (Å²) in [6.45, 7) is 9.35. The van der Waals surface area contributed by atoms with Gasteiger partial charge in [-0.1, -0.05) is 49.7 Å². The van der Waals surface area contributed by atoms with Gasteiger partial charge in [-0.05, 0) is 38.8 Å². The van der Waals surface area contributed by atoms with E-state index < -0.39 is 17.7 Å². The fraction of sp³-hybridized carbons (Fsp3) is 0.526. The summed E-state index contributed by atoms with van der Waals surface area (Å²) in [5.74, 6) is 0.193. The van der Waals surface area contributed by atoms with Crippen LogP contribution >= 0.6 is 23.4 Å².